The third-order valence-corrected chi connectivity index (χ3v) is 3.71. The molecule has 0 saturated heterocycles. The van der Waals surface area contributed by atoms with Gasteiger partial charge in [-0.3, -0.25) is 5.32 Å². The van der Waals surface area contributed by atoms with Gasteiger partial charge in [-0.05, 0) is 11.6 Å². The van der Waals surface area contributed by atoms with Crippen molar-refractivity contribution in [3.8, 4) is 11.5 Å². The van der Waals surface area contributed by atoms with Crippen LogP contribution in [0, 0.1) is 0 Å². The lowest BCUT2D eigenvalue weighted by Crippen LogP contribution is -2.29. The van der Waals surface area contributed by atoms with Crippen LogP contribution in [0.5, 0.6) is 11.5 Å². The van der Waals surface area contributed by atoms with Crippen LogP contribution in [0.15, 0.2) is 48.5 Å². The van der Waals surface area contributed by atoms with E-state index in [1.54, 1.807) is 0 Å². The highest BCUT2D eigenvalue weighted by Crippen LogP contribution is 2.33. The molecule has 120 valence electrons. The zero-order chi connectivity index (χ0) is 16.1. The Morgan fingerprint density at radius 1 is 1.13 bits per heavy atom. The van der Waals surface area contributed by atoms with Crippen molar-refractivity contribution in [3.05, 3.63) is 59.7 Å². The molecule has 0 bridgehead atoms. The smallest absolute Gasteiger partial charge is 0.327 e. The Balaban J connectivity index is 1.78. The van der Waals surface area contributed by atoms with Crippen molar-refractivity contribution in [2.24, 2.45) is 0 Å². The molecule has 3 rings (SSSR count). The summed E-state index contributed by atoms with van der Waals surface area (Å²) in [4.78, 5) is 12.1. The van der Waals surface area contributed by atoms with E-state index in [0.29, 0.717) is 19.8 Å². The molecule has 0 aliphatic carbocycles. The topological polar surface area (TPSA) is 56.8 Å². The van der Waals surface area contributed by atoms with E-state index in [1.165, 1.54) is 7.11 Å². The highest BCUT2D eigenvalue weighted by molar-refractivity contribution is 5.77. The number of carbonyl (C=O) groups is 1. The normalized spacial score (nSPS) is 14.1. The Morgan fingerprint density at radius 3 is 2.70 bits per heavy atom. The van der Waals surface area contributed by atoms with Crippen LogP contribution in [0.25, 0.3) is 0 Å². The van der Waals surface area contributed by atoms with Gasteiger partial charge in [0, 0.05) is 12.1 Å². The average molecular weight is 313 g/mol. The van der Waals surface area contributed by atoms with Gasteiger partial charge in [0.05, 0.1) is 7.11 Å². The average Bonchev–Trinajstić information content (AvgIpc) is 2.62. The number of fused-ring (bicyclic) bond motifs is 1. The van der Waals surface area contributed by atoms with E-state index in [-0.39, 0.29) is 5.97 Å². The maximum Gasteiger partial charge on any atom is 0.327 e. The third kappa shape index (κ3) is 3.46. The molecule has 0 saturated carbocycles. The predicted molar refractivity (Wildman–Crippen MR) is 85.5 cm³/mol. The zero-order valence-electron chi connectivity index (χ0n) is 13.0. The van der Waals surface area contributed by atoms with Crippen LogP contribution in [0.2, 0.25) is 0 Å². The number of para-hydroxylation sites is 1. The fourth-order valence-electron chi connectivity index (χ4n) is 2.59. The Kier molecular flexibility index (Phi) is 4.78. The fraction of sp³-hybridized carbons (Fsp3) is 0.278. The number of hydrogen-bond acceptors (Lipinski definition) is 5. The summed E-state index contributed by atoms with van der Waals surface area (Å²) in [5, 5.41) is 3.24. The SMILES string of the molecule is COC(=O)C(NCc1cccc2c1OCCO2)c1ccccc1. The minimum Gasteiger partial charge on any atom is -0.486 e. The lowest BCUT2D eigenvalue weighted by atomic mass is 10.1. The van der Waals surface area contributed by atoms with Crippen LogP contribution in [0.1, 0.15) is 17.2 Å². The van der Waals surface area contributed by atoms with E-state index < -0.39 is 6.04 Å². The molecular formula is C18H19NO4. The second kappa shape index (κ2) is 7.15. The van der Waals surface area contributed by atoms with Crippen LogP contribution in [0.4, 0.5) is 0 Å². The van der Waals surface area contributed by atoms with Crippen LogP contribution in [0.3, 0.4) is 0 Å². The molecule has 1 N–H and O–H groups in total. The minimum atomic E-state index is -0.526. The van der Waals surface area contributed by atoms with Gasteiger partial charge in [0.2, 0.25) is 0 Å². The van der Waals surface area contributed by atoms with Gasteiger partial charge in [-0.2, -0.15) is 0 Å². The van der Waals surface area contributed by atoms with Gasteiger partial charge in [-0.1, -0.05) is 42.5 Å². The molecule has 0 radical (unpaired) electrons. The summed E-state index contributed by atoms with van der Waals surface area (Å²) in [6.07, 6.45) is 0. The molecule has 1 aliphatic rings. The van der Waals surface area contributed by atoms with E-state index in [2.05, 4.69) is 5.32 Å². The Labute approximate surface area is 135 Å². The number of carbonyl (C=O) groups excluding carboxylic acids is 1. The molecule has 1 aliphatic heterocycles. The monoisotopic (exact) mass is 313 g/mol. The van der Waals surface area contributed by atoms with Crippen molar-refractivity contribution in [1.82, 2.24) is 5.32 Å². The molecule has 2 aromatic rings. The van der Waals surface area contributed by atoms with Crippen LogP contribution in [-0.4, -0.2) is 26.3 Å². The lowest BCUT2D eigenvalue weighted by Gasteiger charge is -2.22. The number of nitrogens with one attached hydrogen (secondary N) is 1. The highest BCUT2D eigenvalue weighted by Gasteiger charge is 2.22. The number of hydrogen-bond donors (Lipinski definition) is 1. The summed E-state index contributed by atoms with van der Waals surface area (Å²) < 4.78 is 16.2. The van der Waals surface area contributed by atoms with Gasteiger partial charge in [0.1, 0.15) is 19.3 Å². The quantitative estimate of drug-likeness (QED) is 0.859. The summed E-state index contributed by atoms with van der Waals surface area (Å²) in [6.45, 7) is 1.56. The number of rotatable bonds is 5. The number of esters is 1. The first-order chi connectivity index (χ1) is 11.3. The van der Waals surface area contributed by atoms with E-state index in [9.17, 15) is 4.79 Å². The van der Waals surface area contributed by atoms with Crippen molar-refractivity contribution < 1.29 is 19.0 Å². The van der Waals surface area contributed by atoms with Gasteiger partial charge in [0.25, 0.3) is 0 Å². The summed E-state index contributed by atoms with van der Waals surface area (Å²) >= 11 is 0. The first kappa shape index (κ1) is 15.4. The molecule has 1 unspecified atom stereocenters. The first-order valence-electron chi connectivity index (χ1n) is 7.53. The van der Waals surface area contributed by atoms with Crippen molar-refractivity contribution >= 4 is 5.97 Å². The summed E-state index contributed by atoms with van der Waals surface area (Å²) in [5.74, 6) is 1.16. The third-order valence-electron chi connectivity index (χ3n) is 3.71. The molecule has 0 aromatic heterocycles. The van der Waals surface area contributed by atoms with E-state index in [4.69, 9.17) is 14.2 Å². The Bertz CT molecular complexity index is 672. The zero-order valence-corrected chi connectivity index (χ0v) is 13.0. The molecule has 5 heteroatoms. The molecule has 23 heavy (non-hydrogen) atoms. The molecule has 5 nitrogen and oxygen atoms in total. The second-order valence-electron chi connectivity index (χ2n) is 5.19. The van der Waals surface area contributed by atoms with Gasteiger partial charge >= 0.3 is 5.97 Å². The minimum absolute atomic E-state index is 0.321. The standard InChI is InChI=1S/C18H19NO4/c1-21-18(20)16(13-6-3-2-4-7-13)19-12-14-8-5-9-15-17(14)23-11-10-22-15/h2-9,16,19H,10-12H2,1H3. The molecule has 0 amide bonds. The molecule has 1 heterocycles. The summed E-state index contributed by atoms with van der Waals surface area (Å²) in [6, 6.07) is 14.7. The molecule has 0 spiro atoms. The maximum absolute atomic E-state index is 12.1. The van der Waals surface area contributed by atoms with Gasteiger partial charge in [-0.15, -0.1) is 0 Å². The van der Waals surface area contributed by atoms with Crippen molar-refractivity contribution in [3.63, 3.8) is 0 Å². The van der Waals surface area contributed by atoms with Gasteiger partial charge in [-0.25, -0.2) is 4.79 Å². The van der Waals surface area contributed by atoms with Crippen LogP contribution < -0.4 is 14.8 Å². The fourth-order valence-corrected chi connectivity index (χ4v) is 2.59. The van der Waals surface area contributed by atoms with E-state index >= 15 is 0 Å². The molecule has 2 aromatic carbocycles. The number of ether oxygens (including phenoxy) is 3. The van der Waals surface area contributed by atoms with E-state index in [0.717, 1.165) is 22.6 Å². The summed E-state index contributed by atoms with van der Waals surface area (Å²) in [5.41, 5.74) is 1.81. The van der Waals surface area contributed by atoms with Crippen molar-refractivity contribution in [2.45, 2.75) is 12.6 Å². The summed E-state index contributed by atoms with van der Waals surface area (Å²) in [7, 11) is 1.39. The Morgan fingerprint density at radius 2 is 1.91 bits per heavy atom. The highest BCUT2D eigenvalue weighted by atomic mass is 16.6. The maximum atomic E-state index is 12.1. The second-order valence-corrected chi connectivity index (χ2v) is 5.19. The largest absolute Gasteiger partial charge is 0.486 e. The van der Waals surface area contributed by atoms with Crippen LogP contribution in [-0.2, 0) is 16.1 Å². The number of methoxy groups -OCH3 is 1. The van der Waals surface area contributed by atoms with E-state index in [1.807, 2.05) is 48.5 Å². The van der Waals surface area contributed by atoms with Gasteiger partial charge < -0.3 is 14.2 Å². The lowest BCUT2D eigenvalue weighted by molar-refractivity contribution is -0.143. The Hall–Kier alpha value is -2.53. The molecule has 1 atom stereocenters. The van der Waals surface area contributed by atoms with Gasteiger partial charge in [0.15, 0.2) is 11.5 Å². The molecular weight excluding hydrogens is 294 g/mol. The predicted octanol–water partition coefficient (Wildman–Crippen LogP) is 2.46. The number of benzene rings is 2. The van der Waals surface area contributed by atoms with Crippen LogP contribution >= 0.6 is 0 Å². The molecule has 0 fully saturated rings. The van der Waals surface area contributed by atoms with Crippen molar-refractivity contribution in [2.75, 3.05) is 20.3 Å². The van der Waals surface area contributed by atoms with Crippen molar-refractivity contribution in [1.29, 1.82) is 0 Å². The first-order valence-corrected chi connectivity index (χ1v) is 7.53.